The molecule has 2 heterocycles. The smallest absolute Gasteiger partial charge is 0.481 e. The van der Waals surface area contributed by atoms with Crippen LogP contribution in [0.25, 0.3) is 0 Å². The second kappa shape index (κ2) is 8.14. The highest BCUT2D eigenvalue weighted by atomic mass is 19.4. The maximum absolute atomic E-state index is 10.8. The normalized spacial score (nSPS) is 15.0. The Morgan fingerprint density at radius 2 is 1.83 bits per heavy atom. The molecule has 1 fully saturated rings. The Labute approximate surface area is 134 Å². The fraction of sp³-hybridized carbons (Fsp3) is 0.429. The summed E-state index contributed by atoms with van der Waals surface area (Å²) in [5.74, 6) is -2.96. The van der Waals surface area contributed by atoms with E-state index < -0.39 is 18.1 Å². The largest absolute Gasteiger partial charge is 0.490 e. The van der Waals surface area contributed by atoms with Gasteiger partial charge in [-0.1, -0.05) is 0 Å². The number of anilines is 1. The molecule has 0 amide bonds. The Hall–Kier alpha value is -2.83. The molecule has 10 heteroatoms. The molecule has 7 nitrogen and oxygen atoms in total. The van der Waals surface area contributed by atoms with Gasteiger partial charge in [-0.25, -0.2) is 9.78 Å². The zero-order valence-electron chi connectivity index (χ0n) is 12.3. The number of carboxylic acid groups (broad SMARTS) is 2. The van der Waals surface area contributed by atoms with Crippen LogP contribution in [0, 0.1) is 17.2 Å². The van der Waals surface area contributed by atoms with Crippen molar-refractivity contribution >= 4 is 17.8 Å². The van der Waals surface area contributed by atoms with Gasteiger partial charge in [0, 0.05) is 19.3 Å². The van der Waals surface area contributed by atoms with E-state index in [9.17, 15) is 18.0 Å². The van der Waals surface area contributed by atoms with Crippen molar-refractivity contribution in [3.8, 4) is 6.07 Å². The van der Waals surface area contributed by atoms with Crippen molar-refractivity contribution in [3.05, 3.63) is 23.9 Å². The number of halogens is 3. The minimum Gasteiger partial charge on any atom is -0.481 e. The molecule has 0 radical (unpaired) electrons. The van der Waals surface area contributed by atoms with Crippen molar-refractivity contribution in [3.63, 3.8) is 0 Å². The third-order valence-corrected chi connectivity index (χ3v) is 3.29. The van der Waals surface area contributed by atoms with Gasteiger partial charge in [-0.15, -0.1) is 0 Å². The molecule has 1 aromatic heterocycles. The van der Waals surface area contributed by atoms with Crippen molar-refractivity contribution in [1.29, 1.82) is 5.26 Å². The quantitative estimate of drug-likeness (QED) is 0.841. The molecule has 0 saturated carbocycles. The molecule has 130 valence electrons. The molecule has 0 bridgehead atoms. The molecule has 2 N–H and O–H groups in total. The van der Waals surface area contributed by atoms with Gasteiger partial charge in [-0.3, -0.25) is 4.79 Å². The molecular formula is C14H14F3N3O4. The molecule has 2 rings (SSSR count). The molecule has 1 saturated heterocycles. The molecule has 0 aliphatic carbocycles. The minimum atomic E-state index is -5.08. The number of pyridine rings is 1. The molecule has 0 unspecified atom stereocenters. The lowest BCUT2D eigenvalue weighted by atomic mass is 9.97. The van der Waals surface area contributed by atoms with Crippen LogP contribution in [0.4, 0.5) is 19.0 Å². The fourth-order valence-corrected chi connectivity index (χ4v) is 2.02. The van der Waals surface area contributed by atoms with Gasteiger partial charge in [0.2, 0.25) is 0 Å². The van der Waals surface area contributed by atoms with Crippen LogP contribution in [0.3, 0.4) is 0 Å². The topological polar surface area (TPSA) is 115 Å². The van der Waals surface area contributed by atoms with Crippen LogP contribution in [-0.4, -0.2) is 46.4 Å². The number of nitrogens with zero attached hydrogens (tertiary/aromatic N) is 3. The van der Waals surface area contributed by atoms with Gasteiger partial charge in [0.25, 0.3) is 0 Å². The van der Waals surface area contributed by atoms with Gasteiger partial charge in [-0.2, -0.15) is 18.4 Å². The molecule has 1 aliphatic heterocycles. The lowest BCUT2D eigenvalue weighted by molar-refractivity contribution is -0.192. The van der Waals surface area contributed by atoms with Crippen molar-refractivity contribution in [1.82, 2.24) is 4.98 Å². The summed E-state index contributed by atoms with van der Waals surface area (Å²) >= 11 is 0. The average Bonchev–Trinajstić information content (AvgIpc) is 2.54. The number of hydrogen-bond acceptors (Lipinski definition) is 5. The summed E-state index contributed by atoms with van der Waals surface area (Å²) in [5.41, 5.74) is 0.579. The highest BCUT2D eigenvalue weighted by Gasteiger charge is 2.38. The van der Waals surface area contributed by atoms with E-state index in [0.717, 1.165) is 5.82 Å². The maximum Gasteiger partial charge on any atom is 0.490 e. The molecule has 0 spiro atoms. The number of aliphatic carboxylic acids is 2. The van der Waals surface area contributed by atoms with Gasteiger partial charge in [0.05, 0.1) is 17.6 Å². The monoisotopic (exact) mass is 345 g/mol. The SMILES string of the molecule is N#Cc1ccnc(N2CCC(C(=O)O)CC2)c1.O=C(O)C(F)(F)F. The number of piperidine rings is 1. The number of aromatic nitrogens is 1. The van der Waals surface area contributed by atoms with E-state index in [0.29, 0.717) is 31.5 Å². The van der Waals surface area contributed by atoms with E-state index in [1.165, 1.54) is 0 Å². The summed E-state index contributed by atoms with van der Waals surface area (Å²) in [4.78, 5) is 26.0. The first-order chi connectivity index (χ1) is 11.1. The van der Waals surface area contributed by atoms with Crippen LogP contribution in [0.5, 0.6) is 0 Å². The molecule has 1 aliphatic rings. The standard InChI is InChI=1S/C12H13N3O2.C2HF3O2/c13-8-9-1-4-14-11(7-9)15-5-2-10(3-6-15)12(16)17;3-2(4,5)1(6)7/h1,4,7,10H,2-3,5-6H2,(H,16,17);(H,6,7). The van der Waals surface area contributed by atoms with Gasteiger partial charge >= 0.3 is 18.1 Å². The van der Waals surface area contributed by atoms with Crippen LogP contribution in [0.15, 0.2) is 18.3 Å². The zero-order chi connectivity index (χ0) is 18.3. The second-order valence-corrected chi connectivity index (χ2v) is 4.92. The Morgan fingerprint density at radius 3 is 2.25 bits per heavy atom. The minimum absolute atomic E-state index is 0.245. The fourth-order valence-electron chi connectivity index (χ4n) is 2.02. The van der Waals surface area contributed by atoms with Gasteiger partial charge in [0.15, 0.2) is 0 Å². The first kappa shape index (κ1) is 19.2. The van der Waals surface area contributed by atoms with Crippen LogP contribution in [0.2, 0.25) is 0 Å². The van der Waals surface area contributed by atoms with Crippen LogP contribution in [0.1, 0.15) is 18.4 Å². The Balaban J connectivity index is 0.000000351. The van der Waals surface area contributed by atoms with Gasteiger partial charge < -0.3 is 15.1 Å². The number of alkyl halides is 3. The summed E-state index contributed by atoms with van der Waals surface area (Å²) in [7, 11) is 0. The summed E-state index contributed by atoms with van der Waals surface area (Å²) in [6.07, 6.45) is -2.21. The molecule has 1 aromatic rings. The van der Waals surface area contributed by atoms with Crippen molar-refractivity contribution < 1.29 is 33.0 Å². The first-order valence-corrected chi connectivity index (χ1v) is 6.79. The van der Waals surface area contributed by atoms with E-state index in [2.05, 4.69) is 11.1 Å². The lowest BCUT2D eigenvalue weighted by Crippen LogP contribution is -2.36. The molecule has 0 atom stereocenters. The maximum atomic E-state index is 10.8. The summed E-state index contributed by atoms with van der Waals surface area (Å²) in [5, 5.41) is 24.8. The number of carbonyl (C=O) groups is 2. The Bertz CT molecular complexity index is 635. The van der Waals surface area contributed by atoms with Crippen molar-refractivity contribution in [2.45, 2.75) is 19.0 Å². The summed E-state index contributed by atoms with van der Waals surface area (Å²) < 4.78 is 31.7. The van der Waals surface area contributed by atoms with Crippen molar-refractivity contribution in [2.24, 2.45) is 5.92 Å². The highest BCUT2D eigenvalue weighted by Crippen LogP contribution is 2.22. The second-order valence-electron chi connectivity index (χ2n) is 4.92. The van der Waals surface area contributed by atoms with Crippen molar-refractivity contribution in [2.75, 3.05) is 18.0 Å². The van der Waals surface area contributed by atoms with Crippen LogP contribution >= 0.6 is 0 Å². The van der Waals surface area contributed by atoms with E-state index in [1.807, 2.05) is 4.90 Å². The third kappa shape index (κ3) is 5.75. The van der Waals surface area contributed by atoms with Crippen LogP contribution < -0.4 is 4.90 Å². The highest BCUT2D eigenvalue weighted by molar-refractivity contribution is 5.73. The van der Waals surface area contributed by atoms with Gasteiger partial charge in [0.1, 0.15) is 5.82 Å². The average molecular weight is 345 g/mol. The summed E-state index contributed by atoms with van der Waals surface area (Å²) in [6.45, 7) is 1.36. The van der Waals surface area contributed by atoms with Crippen LogP contribution in [-0.2, 0) is 9.59 Å². The van der Waals surface area contributed by atoms with E-state index >= 15 is 0 Å². The molecule has 24 heavy (non-hydrogen) atoms. The predicted molar refractivity (Wildman–Crippen MR) is 75.2 cm³/mol. The number of nitriles is 1. The first-order valence-electron chi connectivity index (χ1n) is 6.79. The third-order valence-electron chi connectivity index (χ3n) is 3.29. The molecule has 0 aromatic carbocycles. The Morgan fingerprint density at radius 1 is 1.29 bits per heavy atom. The molecular weight excluding hydrogens is 331 g/mol. The Kier molecular flexibility index (Phi) is 6.52. The number of hydrogen-bond donors (Lipinski definition) is 2. The predicted octanol–water partition coefficient (Wildman–Crippen LogP) is 1.89. The number of carboxylic acids is 2. The number of rotatable bonds is 2. The van der Waals surface area contributed by atoms with E-state index in [-0.39, 0.29) is 5.92 Å². The lowest BCUT2D eigenvalue weighted by Gasteiger charge is -2.30. The zero-order valence-corrected chi connectivity index (χ0v) is 12.3. The van der Waals surface area contributed by atoms with E-state index in [4.69, 9.17) is 20.3 Å². The van der Waals surface area contributed by atoms with E-state index in [1.54, 1.807) is 18.3 Å². The summed E-state index contributed by atoms with van der Waals surface area (Å²) in [6, 6.07) is 5.47. The van der Waals surface area contributed by atoms with Gasteiger partial charge in [-0.05, 0) is 25.0 Å².